The summed E-state index contributed by atoms with van der Waals surface area (Å²) in [5, 5.41) is 19.0. The Hall–Kier alpha value is -4.08. The summed E-state index contributed by atoms with van der Waals surface area (Å²) in [4.78, 5) is 18.3. The second kappa shape index (κ2) is 9.88. The van der Waals surface area contributed by atoms with Gasteiger partial charge in [-0.2, -0.15) is 10.3 Å². The largest absolute Gasteiger partial charge is 0.334 e. The number of allylic oxidation sites excluding steroid dienone is 1. The number of imidazole rings is 1. The maximum absolute atomic E-state index is 14.0. The van der Waals surface area contributed by atoms with Crippen molar-refractivity contribution in [1.82, 2.24) is 39.5 Å². The van der Waals surface area contributed by atoms with E-state index < -0.39 is 5.41 Å². The summed E-state index contributed by atoms with van der Waals surface area (Å²) in [5.41, 5.74) is 3.45. The Morgan fingerprint density at radius 1 is 1.22 bits per heavy atom. The smallest absolute Gasteiger partial charge is 0.295 e. The second-order valence-corrected chi connectivity index (χ2v) is 9.25. The monoisotopic (exact) mass is 485 g/mol. The van der Waals surface area contributed by atoms with Crippen molar-refractivity contribution in [3.05, 3.63) is 76.2 Å². The fourth-order valence-electron chi connectivity index (χ4n) is 4.91. The van der Waals surface area contributed by atoms with E-state index in [0.717, 1.165) is 47.5 Å². The molecule has 1 aliphatic heterocycles. The van der Waals surface area contributed by atoms with E-state index >= 15 is 0 Å². The molecule has 0 bridgehead atoms. The van der Waals surface area contributed by atoms with Crippen molar-refractivity contribution in [2.75, 3.05) is 0 Å². The predicted molar refractivity (Wildman–Crippen MR) is 138 cm³/mol. The van der Waals surface area contributed by atoms with Gasteiger partial charge in [-0.1, -0.05) is 37.6 Å². The summed E-state index contributed by atoms with van der Waals surface area (Å²) in [5.74, 6) is 1.36. The molecule has 1 aromatic carbocycles. The molecule has 0 radical (unpaired) electrons. The zero-order valence-electron chi connectivity index (χ0n) is 20.9. The average Bonchev–Trinajstić information content (AvgIpc) is 3.64. The molecular formula is C26H31N9O. The highest BCUT2D eigenvalue weighted by atomic mass is 16.1. The summed E-state index contributed by atoms with van der Waals surface area (Å²) in [6.07, 6.45) is 13.2. The molecule has 0 saturated heterocycles. The number of hydrogen-bond donors (Lipinski definition) is 1. The Morgan fingerprint density at radius 3 is 2.83 bits per heavy atom. The number of nitrogens with one attached hydrogen (secondary N) is 1. The number of nitrogens with zero attached hydrogens (tertiary/aromatic N) is 8. The lowest BCUT2D eigenvalue weighted by atomic mass is 9.76. The average molecular weight is 486 g/mol. The fraction of sp³-hybridized carbons (Fsp3) is 0.385. The molecule has 186 valence electrons. The number of hydrogen-bond acceptors (Lipinski definition) is 6. The lowest BCUT2D eigenvalue weighted by Gasteiger charge is -2.32. The second-order valence-electron chi connectivity index (χ2n) is 9.25. The Labute approximate surface area is 209 Å². The van der Waals surface area contributed by atoms with Crippen LogP contribution in [0.1, 0.15) is 49.9 Å². The van der Waals surface area contributed by atoms with Crippen molar-refractivity contribution in [2.45, 2.75) is 65.0 Å². The van der Waals surface area contributed by atoms with Crippen molar-refractivity contribution in [1.29, 1.82) is 0 Å². The molecule has 10 heteroatoms. The summed E-state index contributed by atoms with van der Waals surface area (Å²) in [6.45, 7) is 7.39. The molecule has 1 N–H and O–H groups in total. The molecule has 0 spiro atoms. The Balaban J connectivity index is 1.62. The molecule has 0 saturated carbocycles. The molecule has 5 rings (SSSR count). The summed E-state index contributed by atoms with van der Waals surface area (Å²) < 4.78 is 5.58. The van der Waals surface area contributed by atoms with Gasteiger partial charge < -0.3 is 0 Å². The maximum Gasteiger partial charge on any atom is 0.334 e. The molecule has 0 fully saturated rings. The SMILES string of the molecule is CCCCc1cn(-c2c(C)cnn2CC)c(=O)n1CC1(c2cccc(-c3nn[nH]n3)c2)C=CN=CC1. The molecule has 10 nitrogen and oxygen atoms in total. The van der Waals surface area contributed by atoms with Crippen LogP contribution < -0.4 is 5.69 Å². The molecule has 1 aliphatic rings. The third-order valence-electron chi connectivity index (χ3n) is 6.89. The van der Waals surface area contributed by atoms with Gasteiger partial charge in [-0.05, 0) is 50.0 Å². The quantitative estimate of drug-likeness (QED) is 0.389. The fourth-order valence-corrected chi connectivity index (χ4v) is 4.91. The van der Waals surface area contributed by atoms with E-state index in [2.05, 4.69) is 55.8 Å². The first-order chi connectivity index (χ1) is 17.6. The Morgan fingerprint density at radius 2 is 2.11 bits per heavy atom. The number of aromatic amines is 1. The van der Waals surface area contributed by atoms with Gasteiger partial charge in [-0.25, -0.2) is 9.48 Å². The molecular weight excluding hydrogens is 454 g/mol. The van der Waals surface area contributed by atoms with Gasteiger partial charge in [-0.15, -0.1) is 10.2 Å². The maximum atomic E-state index is 14.0. The number of aliphatic imine (C=N–C) groups is 1. The van der Waals surface area contributed by atoms with Crippen LogP contribution in [0.3, 0.4) is 0 Å². The van der Waals surface area contributed by atoms with Crippen LogP contribution in [0.5, 0.6) is 0 Å². The highest BCUT2D eigenvalue weighted by molar-refractivity contribution is 5.65. The molecule has 4 aromatic rings. The Kier molecular flexibility index (Phi) is 6.49. The van der Waals surface area contributed by atoms with E-state index in [1.54, 1.807) is 4.57 Å². The lowest BCUT2D eigenvalue weighted by molar-refractivity contribution is 0.438. The van der Waals surface area contributed by atoms with Gasteiger partial charge in [0.05, 0.1) is 6.20 Å². The summed E-state index contributed by atoms with van der Waals surface area (Å²) in [7, 11) is 0. The molecule has 1 atom stereocenters. The molecule has 4 heterocycles. The first kappa shape index (κ1) is 23.7. The van der Waals surface area contributed by atoms with Crippen LogP contribution in [0.2, 0.25) is 0 Å². The van der Waals surface area contributed by atoms with Crippen LogP contribution >= 0.6 is 0 Å². The van der Waals surface area contributed by atoms with Crippen LogP contribution in [-0.4, -0.2) is 45.8 Å². The van der Waals surface area contributed by atoms with Crippen LogP contribution in [0, 0.1) is 6.92 Å². The molecule has 0 amide bonds. The normalized spacial score (nSPS) is 17.2. The van der Waals surface area contributed by atoms with E-state index in [4.69, 9.17) is 0 Å². The number of unbranched alkanes of at least 4 members (excludes halogenated alkanes) is 1. The van der Waals surface area contributed by atoms with Crippen LogP contribution in [0.15, 0.2) is 58.7 Å². The molecule has 1 unspecified atom stereocenters. The van der Waals surface area contributed by atoms with E-state index in [-0.39, 0.29) is 5.69 Å². The highest BCUT2D eigenvalue weighted by Crippen LogP contribution is 2.35. The van der Waals surface area contributed by atoms with Gasteiger partial charge in [0, 0.05) is 53.9 Å². The topological polar surface area (TPSA) is 112 Å². The number of rotatable bonds is 9. The predicted octanol–water partition coefficient (Wildman–Crippen LogP) is 3.61. The first-order valence-corrected chi connectivity index (χ1v) is 12.4. The van der Waals surface area contributed by atoms with Crippen molar-refractivity contribution in [3.63, 3.8) is 0 Å². The summed E-state index contributed by atoms with van der Waals surface area (Å²) >= 11 is 0. The van der Waals surface area contributed by atoms with Gasteiger partial charge in [0.25, 0.3) is 0 Å². The standard InChI is InChI=1S/C26H31N9O/c1-4-6-10-22-17-33(24-19(3)16-28-35(24)5-2)25(36)34(22)18-26(11-13-27-14-12-26)21-9-7-8-20(15-21)23-29-31-32-30-23/h7-9,11,13-17H,4-6,10,12,18H2,1-3H3,(H,29,30,31,32). The lowest BCUT2D eigenvalue weighted by Crippen LogP contribution is -2.37. The number of aryl methyl sites for hydroxylation is 3. The third kappa shape index (κ3) is 4.23. The van der Waals surface area contributed by atoms with Crippen LogP contribution in [-0.2, 0) is 24.9 Å². The Bertz CT molecular complexity index is 1450. The number of benzene rings is 1. The van der Waals surface area contributed by atoms with Gasteiger partial charge in [0.2, 0.25) is 5.82 Å². The number of tetrazole rings is 1. The minimum absolute atomic E-state index is 0.0518. The number of H-pyrrole nitrogens is 1. The van der Waals surface area contributed by atoms with Crippen LogP contribution in [0.4, 0.5) is 0 Å². The van der Waals surface area contributed by atoms with E-state index in [1.807, 2.05) is 60.0 Å². The van der Waals surface area contributed by atoms with Crippen molar-refractivity contribution in [2.24, 2.45) is 4.99 Å². The van der Waals surface area contributed by atoms with Gasteiger partial charge in [0.15, 0.2) is 0 Å². The third-order valence-corrected chi connectivity index (χ3v) is 6.89. The van der Waals surface area contributed by atoms with Gasteiger partial charge >= 0.3 is 5.69 Å². The number of aromatic nitrogens is 8. The van der Waals surface area contributed by atoms with Gasteiger partial charge in [0.1, 0.15) is 5.82 Å². The highest BCUT2D eigenvalue weighted by Gasteiger charge is 2.33. The van der Waals surface area contributed by atoms with E-state index in [9.17, 15) is 4.79 Å². The van der Waals surface area contributed by atoms with Crippen molar-refractivity contribution in [3.8, 4) is 17.2 Å². The zero-order valence-corrected chi connectivity index (χ0v) is 20.9. The summed E-state index contributed by atoms with van der Waals surface area (Å²) in [6, 6.07) is 8.14. The van der Waals surface area contributed by atoms with E-state index in [0.29, 0.717) is 25.3 Å². The van der Waals surface area contributed by atoms with Crippen LogP contribution in [0.25, 0.3) is 17.2 Å². The minimum atomic E-state index is -0.446. The minimum Gasteiger partial charge on any atom is -0.295 e. The van der Waals surface area contributed by atoms with Gasteiger partial charge in [-0.3, -0.25) is 14.1 Å². The van der Waals surface area contributed by atoms with Crippen molar-refractivity contribution < 1.29 is 0 Å². The first-order valence-electron chi connectivity index (χ1n) is 12.4. The zero-order chi connectivity index (χ0) is 25.1. The van der Waals surface area contributed by atoms with E-state index in [1.165, 1.54) is 0 Å². The molecule has 36 heavy (non-hydrogen) atoms. The molecule has 0 aliphatic carbocycles. The van der Waals surface area contributed by atoms with Crippen molar-refractivity contribution >= 4 is 6.21 Å². The molecule has 3 aromatic heterocycles.